The van der Waals surface area contributed by atoms with E-state index in [0.29, 0.717) is 12.1 Å². The summed E-state index contributed by atoms with van der Waals surface area (Å²) in [5.41, 5.74) is 0.617. The Balaban J connectivity index is 2.30. The highest BCUT2D eigenvalue weighted by Gasteiger charge is 2.09. The van der Waals surface area contributed by atoms with E-state index in [2.05, 4.69) is 20.2 Å². The molecule has 0 spiro atoms. The van der Waals surface area contributed by atoms with Crippen LogP contribution in [0.15, 0.2) is 18.3 Å². The van der Waals surface area contributed by atoms with Crippen LogP contribution in [0.2, 0.25) is 0 Å². The molecule has 1 aromatic heterocycles. The van der Waals surface area contributed by atoms with E-state index in [4.69, 9.17) is 0 Å². The number of nitrogens with one attached hydrogen (secondary N) is 2. The maximum absolute atomic E-state index is 11.6. The van der Waals surface area contributed by atoms with Gasteiger partial charge in [0.1, 0.15) is 0 Å². The Kier molecular flexibility index (Phi) is 6.03. The summed E-state index contributed by atoms with van der Waals surface area (Å²) in [4.78, 5) is 0. The fourth-order valence-corrected chi connectivity index (χ4v) is 2.37. The number of aromatic nitrogens is 2. The van der Waals surface area contributed by atoms with Gasteiger partial charge in [0.25, 0.3) is 0 Å². The average molecular weight is 258 g/mol. The molecule has 1 heterocycles. The number of hydrogen-bond acceptors (Lipinski definition) is 5. The van der Waals surface area contributed by atoms with Crippen LogP contribution in [-0.4, -0.2) is 38.0 Å². The van der Waals surface area contributed by atoms with E-state index in [1.165, 1.54) is 0 Å². The molecule has 0 aliphatic carbocycles. The van der Waals surface area contributed by atoms with Crippen LogP contribution in [0, 0.1) is 0 Å². The summed E-state index contributed by atoms with van der Waals surface area (Å²) in [5, 5.41) is 10.5. The van der Waals surface area contributed by atoms with Crippen molar-refractivity contribution in [2.45, 2.75) is 19.4 Å². The standard InChI is InChI=1S/C10H18N4O2S/c1-11-6-2-3-8-17(15,16)13-9-10-5-4-7-12-14-10/h4-5,7,11,13H,2-3,6,8-9H2,1H3. The van der Waals surface area contributed by atoms with Crippen LogP contribution in [0.3, 0.4) is 0 Å². The van der Waals surface area contributed by atoms with E-state index in [-0.39, 0.29) is 12.3 Å². The molecule has 0 unspecified atom stereocenters. The van der Waals surface area contributed by atoms with Gasteiger partial charge in [-0.05, 0) is 38.6 Å². The van der Waals surface area contributed by atoms with Crippen molar-refractivity contribution in [3.05, 3.63) is 24.0 Å². The lowest BCUT2D eigenvalue weighted by Gasteiger charge is -2.05. The van der Waals surface area contributed by atoms with Crippen molar-refractivity contribution in [3.63, 3.8) is 0 Å². The molecule has 0 aliphatic rings. The summed E-state index contributed by atoms with van der Waals surface area (Å²) in [5.74, 6) is 0.148. The molecule has 7 heteroatoms. The highest BCUT2D eigenvalue weighted by Crippen LogP contribution is 1.96. The summed E-state index contributed by atoms with van der Waals surface area (Å²) < 4.78 is 25.7. The molecular formula is C10H18N4O2S. The van der Waals surface area contributed by atoms with E-state index >= 15 is 0 Å². The molecule has 96 valence electrons. The number of hydrogen-bond donors (Lipinski definition) is 2. The molecule has 0 aromatic carbocycles. The Hall–Kier alpha value is -1.05. The van der Waals surface area contributed by atoms with Gasteiger partial charge in [0.05, 0.1) is 18.0 Å². The molecule has 1 rings (SSSR count). The first-order valence-electron chi connectivity index (χ1n) is 5.52. The van der Waals surface area contributed by atoms with Crippen molar-refractivity contribution in [3.8, 4) is 0 Å². The third kappa shape index (κ3) is 6.30. The van der Waals surface area contributed by atoms with Crippen LogP contribution in [0.5, 0.6) is 0 Å². The van der Waals surface area contributed by atoms with Crippen molar-refractivity contribution in [1.82, 2.24) is 20.2 Å². The second-order valence-electron chi connectivity index (χ2n) is 3.67. The second-order valence-corrected chi connectivity index (χ2v) is 5.59. The minimum absolute atomic E-state index is 0.148. The summed E-state index contributed by atoms with van der Waals surface area (Å²) in [6.45, 7) is 1.03. The molecule has 6 nitrogen and oxygen atoms in total. The van der Waals surface area contributed by atoms with Gasteiger partial charge in [0.2, 0.25) is 10.0 Å². The van der Waals surface area contributed by atoms with Gasteiger partial charge >= 0.3 is 0 Å². The molecule has 0 saturated carbocycles. The third-order valence-electron chi connectivity index (χ3n) is 2.19. The lowest BCUT2D eigenvalue weighted by atomic mass is 10.3. The zero-order valence-electron chi connectivity index (χ0n) is 9.89. The largest absolute Gasteiger partial charge is 0.320 e. The Morgan fingerprint density at radius 1 is 1.35 bits per heavy atom. The fourth-order valence-electron chi connectivity index (χ4n) is 1.28. The SMILES string of the molecule is CNCCCCS(=O)(=O)NCc1cccnn1. The van der Waals surface area contributed by atoms with Gasteiger partial charge < -0.3 is 5.32 Å². The maximum Gasteiger partial charge on any atom is 0.211 e. The van der Waals surface area contributed by atoms with Crippen molar-refractivity contribution >= 4 is 10.0 Å². The van der Waals surface area contributed by atoms with Crippen molar-refractivity contribution in [2.24, 2.45) is 0 Å². The molecular weight excluding hydrogens is 240 g/mol. The molecule has 17 heavy (non-hydrogen) atoms. The van der Waals surface area contributed by atoms with Crippen LogP contribution < -0.4 is 10.0 Å². The number of rotatable bonds is 8. The van der Waals surface area contributed by atoms with E-state index < -0.39 is 10.0 Å². The number of nitrogens with zero attached hydrogens (tertiary/aromatic N) is 2. The predicted octanol–water partition coefficient (Wildman–Crippen LogP) is -0.104. The van der Waals surface area contributed by atoms with Gasteiger partial charge in [-0.1, -0.05) is 0 Å². The zero-order valence-corrected chi connectivity index (χ0v) is 10.7. The first-order valence-corrected chi connectivity index (χ1v) is 7.18. The topological polar surface area (TPSA) is 84.0 Å². The van der Waals surface area contributed by atoms with Crippen molar-refractivity contribution in [2.75, 3.05) is 19.3 Å². The normalized spacial score (nSPS) is 11.6. The first-order chi connectivity index (χ1) is 8.14. The van der Waals surface area contributed by atoms with Gasteiger partial charge in [-0.3, -0.25) is 0 Å². The van der Waals surface area contributed by atoms with E-state index in [0.717, 1.165) is 13.0 Å². The van der Waals surface area contributed by atoms with Gasteiger partial charge in [-0.25, -0.2) is 13.1 Å². The average Bonchev–Trinajstić information content (AvgIpc) is 2.34. The molecule has 1 aromatic rings. The molecule has 0 atom stereocenters. The van der Waals surface area contributed by atoms with Crippen LogP contribution in [0.1, 0.15) is 18.5 Å². The summed E-state index contributed by atoms with van der Waals surface area (Å²) in [7, 11) is -1.36. The van der Waals surface area contributed by atoms with Gasteiger partial charge in [0, 0.05) is 6.20 Å². The first kappa shape index (κ1) is 14.0. The van der Waals surface area contributed by atoms with Crippen LogP contribution in [0.25, 0.3) is 0 Å². The molecule has 2 N–H and O–H groups in total. The second kappa shape index (κ2) is 7.31. The predicted molar refractivity (Wildman–Crippen MR) is 65.8 cm³/mol. The molecule has 0 amide bonds. The lowest BCUT2D eigenvalue weighted by Crippen LogP contribution is -2.26. The van der Waals surface area contributed by atoms with Crippen LogP contribution in [0.4, 0.5) is 0 Å². The number of sulfonamides is 1. The summed E-state index contributed by atoms with van der Waals surface area (Å²) in [6, 6.07) is 3.46. The third-order valence-corrected chi connectivity index (χ3v) is 3.60. The minimum atomic E-state index is -3.21. The molecule has 0 bridgehead atoms. The van der Waals surface area contributed by atoms with Crippen molar-refractivity contribution < 1.29 is 8.42 Å². The Morgan fingerprint density at radius 3 is 2.82 bits per heavy atom. The monoisotopic (exact) mass is 258 g/mol. The van der Waals surface area contributed by atoms with E-state index in [1.807, 2.05) is 7.05 Å². The molecule has 0 aliphatic heterocycles. The quantitative estimate of drug-likeness (QED) is 0.636. The molecule has 0 radical (unpaired) electrons. The number of unbranched alkanes of at least 4 members (excludes halogenated alkanes) is 1. The van der Waals surface area contributed by atoms with Gasteiger partial charge in [0.15, 0.2) is 0 Å². The highest BCUT2D eigenvalue weighted by atomic mass is 32.2. The Labute approximate surface area is 102 Å². The van der Waals surface area contributed by atoms with Crippen LogP contribution >= 0.6 is 0 Å². The fraction of sp³-hybridized carbons (Fsp3) is 0.600. The molecule has 0 saturated heterocycles. The lowest BCUT2D eigenvalue weighted by molar-refractivity contribution is 0.574. The zero-order chi connectivity index (χ0) is 12.6. The van der Waals surface area contributed by atoms with Crippen LogP contribution in [-0.2, 0) is 16.6 Å². The smallest absolute Gasteiger partial charge is 0.211 e. The van der Waals surface area contributed by atoms with E-state index in [1.54, 1.807) is 18.3 Å². The molecule has 0 fully saturated rings. The van der Waals surface area contributed by atoms with E-state index in [9.17, 15) is 8.42 Å². The Bertz CT molecular complexity index is 408. The van der Waals surface area contributed by atoms with Crippen molar-refractivity contribution in [1.29, 1.82) is 0 Å². The summed E-state index contributed by atoms with van der Waals surface area (Å²) >= 11 is 0. The highest BCUT2D eigenvalue weighted by molar-refractivity contribution is 7.89. The van der Waals surface area contributed by atoms with Gasteiger partial charge in [-0.15, -0.1) is 0 Å². The summed E-state index contributed by atoms with van der Waals surface area (Å²) in [6.07, 6.45) is 3.05. The van der Waals surface area contributed by atoms with Gasteiger partial charge in [-0.2, -0.15) is 10.2 Å². The minimum Gasteiger partial charge on any atom is -0.320 e. The maximum atomic E-state index is 11.6. The Morgan fingerprint density at radius 2 is 2.18 bits per heavy atom.